The van der Waals surface area contributed by atoms with Crippen LogP contribution in [0, 0.1) is 5.92 Å². The van der Waals surface area contributed by atoms with E-state index >= 15 is 0 Å². The van der Waals surface area contributed by atoms with E-state index in [1.807, 2.05) is 10.9 Å². The van der Waals surface area contributed by atoms with E-state index in [4.69, 9.17) is 9.97 Å². The summed E-state index contributed by atoms with van der Waals surface area (Å²) in [5.41, 5.74) is 0.884. The number of hydrogen-bond donors (Lipinski definition) is 1. The summed E-state index contributed by atoms with van der Waals surface area (Å²) in [5.74, 6) is 2.78. The minimum atomic E-state index is 0.168. The minimum absolute atomic E-state index is 0.168. The van der Waals surface area contributed by atoms with Gasteiger partial charge in [0.15, 0.2) is 10.8 Å². The van der Waals surface area contributed by atoms with Crippen molar-refractivity contribution >= 4 is 34.5 Å². The van der Waals surface area contributed by atoms with Crippen molar-refractivity contribution in [2.24, 2.45) is 5.92 Å². The summed E-state index contributed by atoms with van der Waals surface area (Å²) in [6, 6.07) is 0. The number of piperidine rings is 1. The molecule has 0 atom stereocenters. The van der Waals surface area contributed by atoms with Gasteiger partial charge in [-0.3, -0.25) is 4.79 Å². The first-order valence-electron chi connectivity index (χ1n) is 11.6. The first-order valence-corrected chi connectivity index (χ1v) is 12.6. The molecule has 0 spiro atoms. The number of hydrogen-bond acceptors (Lipinski definition) is 6. The van der Waals surface area contributed by atoms with E-state index in [0.717, 1.165) is 47.3 Å². The SMILES string of the molecule is CCCSc1nc(N2CCCCC2)c2cnn(CCNC(=O)CC3CCCC3)c2n1. The number of rotatable bonds is 9. The molecule has 4 rings (SSSR count). The van der Waals surface area contributed by atoms with Crippen LogP contribution in [0.4, 0.5) is 5.82 Å². The normalized spacial score (nSPS) is 17.7. The van der Waals surface area contributed by atoms with Crippen LogP contribution in [0.1, 0.15) is 64.7 Å². The van der Waals surface area contributed by atoms with Gasteiger partial charge in [0.05, 0.1) is 18.1 Å². The number of carbonyl (C=O) groups excluding carboxylic acids is 1. The van der Waals surface area contributed by atoms with Gasteiger partial charge in [0.1, 0.15) is 5.82 Å². The number of carbonyl (C=O) groups is 1. The summed E-state index contributed by atoms with van der Waals surface area (Å²) in [6.45, 7) is 5.49. The molecule has 1 saturated heterocycles. The van der Waals surface area contributed by atoms with E-state index in [9.17, 15) is 4.79 Å². The van der Waals surface area contributed by atoms with Crippen LogP contribution in [-0.4, -0.2) is 51.0 Å². The second kappa shape index (κ2) is 10.5. The van der Waals surface area contributed by atoms with Crippen molar-refractivity contribution in [1.82, 2.24) is 25.1 Å². The van der Waals surface area contributed by atoms with Gasteiger partial charge in [-0.05, 0) is 44.4 Å². The van der Waals surface area contributed by atoms with Gasteiger partial charge in [-0.25, -0.2) is 14.6 Å². The highest BCUT2D eigenvalue weighted by Gasteiger charge is 2.21. The molecule has 1 aliphatic carbocycles. The Hall–Kier alpha value is -1.83. The van der Waals surface area contributed by atoms with Gasteiger partial charge in [-0.15, -0.1) is 0 Å². The van der Waals surface area contributed by atoms with Crippen molar-refractivity contribution in [1.29, 1.82) is 0 Å². The smallest absolute Gasteiger partial charge is 0.220 e. The molecule has 0 radical (unpaired) electrons. The van der Waals surface area contributed by atoms with Gasteiger partial charge in [0.2, 0.25) is 5.91 Å². The molecular weight excluding hydrogens is 396 g/mol. The van der Waals surface area contributed by atoms with Gasteiger partial charge in [-0.1, -0.05) is 31.5 Å². The Morgan fingerprint density at radius 3 is 2.73 bits per heavy atom. The molecule has 0 unspecified atom stereocenters. The quantitative estimate of drug-likeness (QED) is 0.478. The molecule has 2 aromatic heterocycles. The van der Waals surface area contributed by atoms with Crippen LogP contribution in [0.2, 0.25) is 0 Å². The van der Waals surface area contributed by atoms with Crippen LogP contribution in [0.25, 0.3) is 11.0 Å². The maximum atomic E-state index is 12.2. The Morgan fingerprint density at radius 1 is 1.17 bits per heavy atom. The third kappa shape index (κ3) is 5.25. The highest BCUT2D eigenvalue weighted by atomic mass is 32.2. The van der Waals surface area contributed by atoms with E-state index in [1.165, 1.54) is 44.9 Å². The summed E-state index contributed by atoms with van der Waals surface area (Å²) in [7, 11) is 0. The van der Waals surface area contributed by atoms with E-state index in [0.29, 0.717) is 25.4 Å². The number of aromatic nitrogens is 4. The van der Waals surface area contributed by atoms with Crippen molar-refractivity contribution in [2.45, 2.75) is 76.4 Å². The van der Waals surface area contributed by atoms with Gasteiger partial charge >= 0.3 is 0 Å². The molecule has 1 aliphatic heterocycles. The maximum absolute atomic E-state index is 12.2. The topological polar surface area (TPSA) is 75.9 Å². The highest BCUT2D eigenvalue weighted by molar-refractivity contribution is 7.99. The molecule has 1 amide bonds. The second-order valence-corrected chi connectivity index (χ2v) is 9.60. The largest absolute Gasteiger partial charge is 0.356 e. The fraction of sp³-hybridized carbons (Fsp3) is 0.727. The molecule has 2 aromatic rings. The lowest BCUT2D eigenvalue weighted by Gasteiger charge is -2.28. The van der Waals surface area contributed by atoms with E-state index < -0.39 is 0 Å². The summed E-state index contributed by atoms with van der Waals surface area (Å²) in [4.78, 5) is 24.4. The van der Waals surface area contributed by atoms with Crippen molar-refractivity contribution in [3.05, 3.63) is 6.20 Å². The Kier molecular flexibility index (Phi) is 7.47. The summed E-state index contributed by atoms with van der Waals surface area (Å²) < 4.78 is 1.93. The third-order valence-electron chi connectivity index (χ3n) is 6.14. The standard InChI is InChI=1S/C22H34N6OS/c1-2-14-30-22-25-20(27-11-6-3-7-12-27)18-16-24-28(21(18)26-22)13-10-23-19(29)15-17-8-4-5-9-17/h16-17H,2-15H2,1H3,(H,23,29). The van der Waals surface area contributed by atoms with Crippen LogP contribution >= 0.6 is 11.8 Å². The monoisotopic (exact) mass is 430 g/mol. The Balaban J connectivity index is 1.46. The minimum Gasteiger partial charge on any atom is -0.356 e. The fourth-order valence-electron chi connectivity index (χ4n) is 4.54. The van der Waals surface area contributed by atoms with E-state index in [1.54, 1.807) is 11.8 Å². The van der Waals surface area contributed by atoms with E-state index in [2.05, 4.69) is 22.2 Å². The number of anilines is 1. The van der Waals surface area contributed by atoms with Gasteiger partial charge in [0, 0.05) is 31.8 Å². The zero-order valence-electron chi connectivity index (χ0n) is 18.1. The predicted octanol–water partition coefficient (Wildman–Crippen LogP) is 4.02. The lowest BCUT2D eigenvalue weighted by Crippen LogP contribution is -2.30. The van der Waals surface area contributed by atoms with Crippen molar-refractivity contribution < 1.29 is 4.79 Å². The molecule has 30 heavy (non-hydrogen) atoms. The van der Waals surface area contributed by atoms with Crippen LogP contribution < -0.4 is 10.2 Å². The summed E-state index contributed by atoms with van der Waals surface area (Å²) in [6.07, 6.45) is 12.3. The van der Waals surface area contributed by atoms with Gasteiger partial charge in [-0.2, -0.15) is 5.10 Å². The number of thioether (sulfide) groups is 1. The van der Waals surface area contributed by atoms with Crippen LogP contribution in [-0.2, 0) is 11.3 Å². The van der Waals surface area contributed by atoms with Gasteiger partial charge < -0.3 is 10.2 Å². The Morgan fingerprint density at radius 2 is 1.97 bits per heavy atom. The molecule has 8 heteroatoms. The molecule has 2 aliphatic rings. The lowest BCUT2D eigenvalue weighted by molar-refractivity contribution is -0.122. The summed E-state index contributed by atoms with van der Waals surface area (Å²) in [5, 5.41) is 9.53. The highest BCUT2D eigenvalue weighted by Crippen LogP contribution is 2.29. The molecule has 0 aromatic carbocycles. The molecule has 164 valence electrons. The van der Waals surface area contributed by atoms with Crippen molar-refractivity contribution in [3.63, 3.8) is 0 Å². The maximum Gasteiger partial charge on any atom is 0.220 e. The van der Waals surface area contributed by atoms with E-state index in [-0.39, 0.29) is 5.91 Å². The Bertz CT molecular complexity index is 842. The molecule has 0 bridgehead atoms. The lowest BCUT2D eigenvalue weighted by atomic mass is 10.0. The number of nitrogens with one attached hydrogen (secondary N) is 1. The van der Waals surface area contributed by atoms with Gasteiger partial charge in [0.25, 0.3) is 0 Å². The molecule has 1 N–H and O–H groups in total. The van der Waals surface area contributed by atoms with Crippen LogP contribution in [0.5, 0.6) is 0 Å². The third-order valence-corrected chi connectivity index (χ3v) is 7.19. The zero-order valence-corrected chi connectivity index (χ0v) is 18.9. The second-order valence-electron chi connectivity index (χ2n) is 8.54. The predicted molar refractivity (Wildman–Crippen MR) is 122 cm³/mol. The first kappa shape index (κ1) is 21.4. The molecule has 3 heterocycles. The average Bonchev–Trinajstić information content (AvgIpc) is 3.42. The number of amides is 1. The fourth-order valence-corrected chi connectivity index (χ4v) is 5.23. The first-order chi connectivity index (χ1) is 14.7. The molecule has 7 nitrogen and oxygen atoms in total. The number of nitrogens with zero attached hydrogens (tertiary/aromatic N) is 5. The summed E-state index contributed by atoms with van der Waals surface area (Å²) >= 11 is 1.71. The van der Waals surface area contributed by atoms with Crippen molar-refractivity contribution in [3.8, 4) is 0 Å². The number of fused-ring (bicyclic) bond motifs is 1. The zero-order chi connectivity index (χ0) is 20.8. The van der Waals surface area contributed by atoms with Crippen LogP contribution in [0.3, 0.4) is 0 Å². The molecule has 2 fully saturated rings. The Labute approximate surface area is 183 Å². The molecular formula is C22H34N6OS. The van der Waals surface area contributed by atoms with Crippen molar-refractivity contribution in [2.75, 3.05) is 30.3 Å². The van der Waals surface area contributed by atoms with Crippen LogP contribution in [0.15, 0.2) is 11.4 Å². The average molecular weight is 431 g/mol. The molecule has 1 saturated carbocycles.